The standard InChI is InChI=1S/C67H44N2OS/c1-3-20-48(21-4-1)68(50-38-36-45(37-39-50)54-30-17-31-60-59-29-10-14-35-65(59)71-66(54)60)51-24-15-18-46(42-51)67(61-32-11-7-26-55(61)56-27-8-12-33-62(56)67)47-19-16-25-52(43-47)69(49-22-5-2-6-23-49)53-40-41-58-57-28-9-13-34-63(57)70-64(58)44-53/h1-44H. The largest absolute Gasteiger partial charge is 0.456 e. The van der Waals surface area contributed by atoms with Crippen molar-refractivity contribution in [2.24, 2.45) is 0 Å². The van der Waals surface area contributed by atoms with Gasteiger partial charge in [0, 0.05) is 71.1 Å². The maximum atomic E-state index is 6.49. The molecule has 4 heteroatoms. The van der Waals surface area contributed by atoms with Crippen molar-refractivity contribution in [3.63, 3.8) is 0 Å². The third kappa shape index (κ3) is 6.56. The number of hydrogen-bond donors (Lipinski definition) is 0. The predicted octanol–water partition coefficient (Wildman–Crippen LogP) is 18.9. The van der Waals surface area contributed by atoms with E-state index >= 15 is 0 Å². The van der Waals surface area contributed by atoms with E-state index < -0.39 is 5.41 Å². The van der Waals surface area contributed by atoms with Crippen LogP contribution in [0.15, 0.2) is 271 Å². The molecule has 2 aromatic heterocycles. The summed E-state index contributed by atoms with van der Waals surface area (Å²) in [5, 5.41) is 4.84. The number of benzene rings is 11. The van der Waals surface area contributed by atoms with E-state index in [1.165, 1.54) is 64.7 Å². The van der Waals surface area contributed by atoms with Crippen LogP contribution in [0.4, 0.5) is 34.1 Å². The van der Waals surface area contributed by atoms with Crippen LogP contribution in [0.3, 0.4) is 0 Å². The molecule has 0 saturated carbocycles. The van der Waals surface area contributed by atoms with Crippen molar-refractivity contribution in [2.45, 2.75) is 5.41 Å². The first-order valence-corrected chi connectivity index (χ1v) is 25.1. The highest BCUT2D eigenvalue weighted by Gasteiger charge is 2.46. The molecule has 0 bridgehead atoms. The van der Waals surface area contributed by atoms with Gasteiger partial charge in [-0.3, -0.25) is 0 Å². The third-order valence-electron chi connectivity index (χ3n) is 14.5. The van der Waals surface area contributed by atoms with E-state index in [4.69, 9.17) is 4.42 Å². The van der Waals surface area contributed by atoms with E-state index in [9.17, 15) is 0 Å². The second kappa shape index (κ2) is 16.6. The van der Waals surface area contributed by atoms with Gasteiger partial charge in [0.15, 0.2) is 0 Å². The zero-order chi connectivity index (χ0) is 46.9. The molecule has 14 rings (SSSR count). The van der Waals surface area contributed by atoms with Gasteiger partial charge in [-0.1, -0.05) is 176 Å². The van der Waals surface area contributed by atoms with E-state index in [0.29, 0.717) is 0 Å². The number of anilines is 6. The molecule has 3 nitrogen and oxygen atoms in total. The average Bonchev–Trinajstić information content (AvgIpc) is 4.11. The van der Waals surface area contributed by atoms with Gasteiger partial charge in [-0.15, -0.1) is 11.3 Å². The van der Waals surface area contributed by atoms with Crippen LogP contribution in [0.2, 0.25) is 0 Å². The summed E-state index contributed by atoms with van der Waals surface area (Å²) in [6, 6.07) is 97.3. The SMILES string of the molecule is c1ccc(N(c2ccc(-c3cccc4c3sc3ccccc34)cc2)c2cccc(C3(c4cccc(N(c5ccccc5)c5ccc6c(c5)oc5ccccc56)c4)c4ccccc4-c4ccccc43)c2)cc1. The molecule has 0 radical (unpaired) electrons. The lowest BCUT2D eigenvalue weighted by Gasteiger charge is -2.36. The summed E-state index contributed by atoms with van der Waals surface area (Å²) >= 11 is 1.87. The zero-order valence-electron chi connectivity index (χ0n) is 38.6. The van der Waals surface area contributed by atoms with Gasteiger partial charge in [0.1, 0.15) is 11.2 Å². The summed E-state index contributed by atoms with van der Waals surface area (Å²) in [7, 11) is 0. The van der Waals surface area contributed by atoms with E-state index in [0.717, 1.165) is 56.1 Å². The number of rotatable bonds is 9. The summed E-state index contributed by atoms with van der Waals surface area (Å²) < 4.78 is 9.12. The van der Waals surface area contributed by atoms with Gasteiger partial charge in [0.25, 0.3) is 0 Å². The monoisotopic (exact) mass is 924 g/mol. The van der Waals surface area contributed by atoms with Gasteiger partial charge in [-0.05, 0) is 129 Å². The van der Waals surface area contributed by atoms with Gasteiger partial charge in [-0.2, -0.15) is 0 Å². The average molecular weight is 925 g/mol. The smallest absolute Gasteiger partial charge is 0.137 e. The second-order valence-electron chi connectivity index (χ2n) is 18.4. The summed E-state index contributed by atoms with van der Waals surface area (Å²) in [6.07, 6.45) is 0. The van der Waals surface area contributed by atoms with Crippen molar-refractivity contribution in [2.75, 3.05) is 9.80 Å². The molecule has 0 fully saturated rings. The first-order valence-electron chi connectivity index (χ1n) is 24.2. The quantitative estimate of drug-likeness (QED) is 0.144. The molecule has 1 aliphatic carbocycles. The fourth-order valence-corrected chi connectivity index (χ4v) is 12.7. The molecule has 11 aromatic carbocycles. The van der Waals surface area contributed by atoms with Crippen LogP contribution >= 0.6 is 11.3 Å². The molecule has 0 spiro atoms. The highest BCUT2D eigenvalue weighted by molar-refractivity contribution is 7.26. The Bertz CT molecular complexity index is 4090. The van der Waals surface area contributed by atoms with Crippen LogP contribution in [0, 0.1) is 0 Å². The Morgan fingerprint density at radius 2 is 0.775 bits per heavy atom. The lowest BCUT2D eigenvalue weighted by atomic mass is 9.67. The molecule has 0 unspecified atom stereocenters. The second-order valence-corrected chi connectivity index (χ2v) is 19.4. The molecule has 0 aliphatic heterocycles. The molecular formula is C67H44N2OS. The topological polar surface area (TPSA) is 19.6 Å². The van der Waals surface area contributed by atoms with Crippen LogP contribution in [0.5, 0.6) is 0 Å². The number of hydrogen-bond acceptors (Lipinski definition) is 4. The molecule has 0 N–H and O–H groups in total. The van der Waals surface area contributed by atoms with Crippen molar-refractivity contribution in [1.82, 2.24) is 0 Å². The summed E-state index contributed by atoms with van der Waals surface area (Å²) in [5.74, 6) is 0. The maximum Gasteiger partial charge on any atom is 0.137 e. The van der Waals surface area contributed by atoms with Crippen molar-refractivity contribution in [3.8, 4) is 22.3 Å². The molecule has 2 heterocycles. The summed E-state index contributed by atoms with van der Waals surface area (Å²) in [4.78, 5) is 4.75. The number of furan rings is 1. The number of fused-ring (bicyclic) bond motifs is 9. The normalized spacial score (nSPS) is 12.6. The van der Waals surface area contributed by atoms with Crippen molar-refractivity contribution >= 4 is 87.6 Å². The number of thiophene rings is 1. The Morgan fingerprint density at radius 1 is 0.310 bits per heavy atom. The molecule has 0 atom stereocenters. The molecule has 71 heavy (non-hydrogen) atoms. The third-order valence-corrected chi connectivity index (χ3v) is 15.7. The van der Waals surface area contributed by atoms with Crippen molar-refractivity contribution < 1.29 is 4.42 Å². The van der Waals surface area contributed by atoms with Crippen LogP contribution < -0.4 is 9.80 Å². The Morgan fingerprint density at radius 3 is 1.45 bits per heavy atom. The lowest BCUT2D eigenvalue weighted by Crippen LogP contribution is -2.29. The van der Waals surface area contributed by atoms with E-state index in [2.05, 4.69) is 265 Å². The Balaban J connectivity index is 0.942. The fourth-order valence-electron chi connectivity index (χ4n) is 11.4. The van der Waals surface area contributed by atoms with E-state index in [-0.39, 0.29) is 0 Å². The minimum atomic E-state index is -0.667. The van der Waals surface area contributed by atoms with E-state index in [1.54, 1.807) is 0 Å². The minimum absolute atomic E-state index is 0.667. The van der Waals surface area contributed by atoms with Crippen LogP contribution in [-0.2, 0) is 5.41 Å². The highest BCUT2D eigenvalue weighted by Crippen LogP contribution is 2.57. The summed E-state index contributed by atoms with van der Waals surface area (Å²) in [5.41, 5.74) is 17.3. The molecule has 1 aliphatic rings. The van der Waals surface area contributed by atoms with Crippen LogP contribution in [0.25, 0.3) is 64.4 Å². The molecule has 0 amide bonds. The Kier molecular flexibility index (Phi) is 9.61. The molecule has 334 valence electrons. The lowest BCUT2D eigenvalue weighted by molar-refractivity contribution is 0.669. The molecule has 0 saturated heterocycles. The van der Waals surface area contributed by atoms with E-state index in [1.807, 2.05) is 23.5 Å². The van der Waals surface area contributed by atoms with Gasteiger partial charge in [0.2, 0.25) is 0 Å². The first kappa shape index (κ1) is 41.1. The maximum absolute atomic E-state index is 6.49. The zero-order valence-corrected chi connectivity index (χ0v) is 39.4. The van der Waals surface area contributed by atoms with Gasteiger partial charge < -0.3 is 14.2 Å². The number of para-hydroxylation sites is 3. The van der Waals surface area contributed by atoms with Crippen LogP contribution in [0.1, 0.15) is 22.3 Å². The summed E-state index contributed by atoms with van der Waals surface area (Å²) in [6.45, 7) is 0. The Labute approximate surface area is 416 Å². The first-order chi connectivity index (χ1) is 35.2. The highest BCUT2D eigenvalue weighted by atomic mass is 32.1. The number of nitrogens with zero attached hydrogens (tertiary/aromatic N) is 2. The predicted molar refractivity (Wildman–Crippen MR) is 299 cm³/mol. The van der Waals surface area contributed by atoms with Crippen molar-refractivity contribution in [1.29, 1.82) is 0 Å². The fraction of sp³-hybridized carbons (Fsp3) is 0.0149. The molecule has 13 aromatic rings. The van der Waals surface area contributed by atoms with Gasteiger partial charge >= 0.3 is 0 Å². The minimum Gasteiger partial charge on any atom is -0.456 e. The van der Waals surface area contributed by atoms with Crippen LogP contribution in [-0.4, -0.2) is 0 Å². The molecular weight excluding hydrogens is 881 g/mol. The van der Waals surface area contributed by atoms with Crippen molar-refractivity contribution in [3.05, 3.63) is 289 Å². The van der Waals surface area contributed by atoms with Gasteiger partial charge in [-0.25, -0.2) is 0 Å². The Hall–Kier alpha value is -8.96. The van der Waals surface area contributed by atoms with Gasteiger partial charge in [0.05, 0.1) is 5.41 Å².